The number of ketones is 1. The minimum absolute atomic E-state index is 0.000697. The van der Waals surface area contributed by atoms with Crippen LogP contribution in [0.4, 0.5) is 0 Å². The highest BCUT2D eigenvalue weighted by atomic mass is 79.9. The summed E-state index contributed by atoms with van der Waals surface area (Å²) in [7, 11) is 0. The van der Waals surface area contributed by atoms with Crippen LogP contribution >= 0.6 is 15.9 Å². The third-order valence-electron chi connectivity index (χ3n) is 3.33. The predicted octanol–water partition coefficient (Wildman–Crippen LogP) is 4.35. The summed E-state index contributed by atoms with van der Waals surface area (Å²) in [6, 6.07) is 13.0. The third-order valence-corrected chi connectivity index (χ3v) is 3.94. The average Bonchev–Trinajstić information content (AvgIpc) is 2.56. The fraction of sp³-hybridized carbons (Fsp3) is 0.222. The van der Waals surface area contributed by atoms with Gasteiger partial charge in [0.25, 0.3) is 0 Å². The largest absolute Gasteiger partial charge is 0.506 e. The van der Waals surface area contributed by atoms with Crippen LogP contribution in [0.25, 0.3) is 11.1 Å². The smallest absolute Gasteiger partial charge is 0.306 e. The Kier molecular flexibility index (Phi) is 5.93. The molecule has 0 fully saturated rings. The number of carbonyl (C=O) groups is 2. The number of hydrogen-bond donors (Lipinski definition) is 1. The van der Waals surface area contributed by atoms with Crippen molar-refractivity contribution >= 4 is 27.7 Å². The van der Waals surface area contributed by atoms with Crippen molar-refractivity contribution in [2.45, 2.75) is 19.8 Å². The van der Waals surface area contributed by atoms with E-state index in [0.29, 0.717) is 4.47 Å². The SMILES string of the molecule is CCOC(=O)CCC(=O)c1cc(-c2ccccc2)cc(Br)c1O. The zero-order valence-electron chi connectivity index (χ0n) is 12.7. The minimum atomic E-state index is -0.418. The molecule has 0 heterocycles. The van der Waals surface area contributed by atoms with Gasteiger partial charge in [-0.15, -0.1) is 0 Å². The molecule has 0 aliphatic carbocycles. The highest BCUT2D eigenvalue weighted by Crippen LogP contribution is 2.34. The lowest BCUT2D eigenvalue weighted by Crippen LogP contribution is -2.08. The first-order valence-electron chi connectivity index (χ1n) is 7.29. The number of phenolic OH excluding ortho intramolecular Hbond substituents is 1. The van der Waals surface area contributed by atoms with E-state index in [2.05, 4.69) is 15.9 Å². The summed E-state index contributed by atoms with van der Waals surface area (Å²) in [5, 5.41) is 10.1. The Morgan fingerprint density at radius 2 is 1.78 bits per heavy atom. The first kappa shape index (κ1) is 17.2. The third kappa shape index (κ3) is 4.42. The van der Waals surface area contributed by atoms with Crippen LogP contribution in [0, 0.1) is 0 Å². The molecule has 0 radical (unpaired) electrons. The highest BCUT2D eigenvalue weighted by Gasteiger charge is 2.17. The molecule has 1 N–H and O–H groups in total. The number of halogens is 1. The standard InChI is InChI=1S/C18H17BrO4/c1-2-23-17(21)9-8-16(20)14-10-13(11-15(19)18(14)22)12-6-4-3-5-7-12/h3-7,10-11,22H,2,8-9H2,1H3. The lowest BCUT2D eigenvalue weighted by atomic mass is 9.99. The molecule has 0 bridgehead atoms. The van der Waals surface area contributed by atoms with Gasteiger partial charge < -0.3 is 9.84 Å². The second kappa shape index (κ2) is 7.92. The maximum atomic E-state index is 12.3. The number of carbonyl (C=O) groups excluding carboxylic acids is 2. The molecule has 0 saturated carbocycles. The molecule has 2 aromatic carbocycles. The summed E-state index contributed by atoms with van der Waals surface area (Å²) >= 11 is 3.27. The summed E-state index contributed by atoms with van der Waals surface area (Å²) in [5.41, 5.74) is 1.95. The molecule has 5 heteroatoms. The van der Waals surface area contributed by atoms with Crippen molar-refractivity contribution in [3.63, 3.8) is 0 Å². The van der Waals surface area contributed by atoms with Gasteiger partial charge in [-0.1, -0.05) is 30.3 Å². The Hall–Kier alpha value is -2.14. The normalized spacial score (nSPS) is 10.3. The first-order valence-corrected chi connectivity index (χ1v) is 8.09. The molecule has 0 atom stereocenters. The molecule has 0 aliphatic heterocycles. The van der Waals surface area contributed by atoms with Gasteiger partial charge in [0.15, 0.2) is 5.78 Å². The van der Waals surface area contributed by atoms with Gasteiger partial charge in [0, 0.05) is 6.42 Å². The zero-order chi connectivity index (χ0) is 16.8. The average molecular weight is 377 g/mol. The predicted molar refractivity (Wildman–Crippen MR) is 91.4 cm³/mol. The van der Waals surface area contributed by atoms with Gasteiger partial charge in [0.05, 0.1) is 23.1 Å². The van der Waals surface area contributed by atoms with Crippen molar-refractivity contribution in [2.75, 3.05) is 6.61 Å². The molecular weight excluding hydrogens is 360 g/mol. The summed E-state index contributed by atoms with van der Waals surface area (Å²) in [4.78, 5) is 23.7. The Bertz CT molecular complexity index is 710. The topological polar surface area (TPSA) is 63.6 Å². The van der Waals surface area contributed by atoms with E-state index in [1.54, 1.807) is 19.1 Å². The minimum Gasteiger partial charge on any atom is -0.506 e. The summed E-state index contributed by atoms with van der Waals surface area (Å²) < 4.78 is 5.26. The van der Waals surface area contributed by atoms with Crippen molar-refractivity contribution in [2.24, 2.45) is 0 Å². The van der Waals surface area contributed by atoms with Crippen LogP contribution in [0.15, 0.2) is 46.9 Å². The second-order valence-corrected chi connectivity index (χ2v) is 5.80. The molecule has 120 valence electrons. The maximum absolute atomic E-state index is 12.3. The van der Waals surface area contributed by atoms with E-state index in [4.69, 9.17) is 4.74 Å². The number of aromatic hydroxyl groups is 1. The number of rotatable bonds is 6. The summed E-state index contributed by atoms with van der Waals surface area (Å²) in [5.74, 6) is -0.828. The van der Waals surface area contributed by atoms with Gasteiger partial charge in [-0.3, -0.25) is 9.59 Å². The van der Waals surface area contributed by atoms with E-state index in [1.165, 1.54) is 0 Å². The van der Waals surface area contributed by atoms with Gasteiger partial charge in [-0.2, -0.15) is 0 Å². The Balaban J connectivity index is 2.26. The van der Waals surface area contributed by atoms with E-state index in [0.717, 1.165) is 11.1 Å². The number of benzene rings is 2. The molecule has 0 unspecified atom stereocenters. The fourth-order valence-corrected chi connectivity index (χ4v) is 2.65. The molecule has 23 heavy (non-hydrogen) atoms. The fourth-order valence-electron chi connectivity index (χ4n) is 2.19. The zero-order valence-corrected chi connectivity index (χ0v) is 14.3. The van der Waals surface area contributed by atoms with Crippen LogP contribution < -0.4 is 0 Å². The van der Waals surface area contributed by atoms with Gasteiger partial charge in [0.2, 0.25) is 0 Å². The van der Waals surface area contributed by atoms with E-state index >= 15 is 0 Å². The van der Waals surface area contributed by atoms with Crippen molar-refractivity contribution in [1.82, 2.24) is 0 Å². The van der Waals surface area contributed by atoms with Crippen LogP contribution in [-0.4, -0.2) is 23.5 Å². The van der Waals surface area contributed by atoms with E-state index in [-0.39, 0.29) is 36.5 Å². The van der Waals surface area contributed by atoms with E-state index in [9.17, 15) is 14.7 Å². The second-order valence-electron chi connectivity index (χ2n) is 4.95. The summed E-state index contributed by atoms with van der Waals surface area (Å²) in [6.07, 6.45) is -0.00360. The van der Waals surface area contributed by atoms with E-state index < -0.39 is 5.97 Å². The van der Waals surface area contributed by atoms with Crippen molar-refractivity contribution in [3.8, 4) is 16.9 Å². The monoisotopic (exact) mass is 376 g/mol. The molecule has 0 aromatic heterocycles. The van der Waals surface area contributed by atoms with Crippen LogP contribution in [-0.2, 0) is 9.53 Å². The number of phenols is 1. The first-order chi connectivity index (χ1) is 11.0. The lowest BCUT2D eigenvalue weighted by Gasteiger charge is -2.10. The molecule has 4 nitrogen and oxygen atoms in total. The maximum Gasteiger partial charge on any atom is 0.306 e. The van der Waals surface area contributed by atoms with Gasteiger partial charge in [0.1, 0.15) is 5.75 Å². The highest BCUT2D eigenvalue weighted by molar-refractivity contribution is 9.10. The Morgan fingerprint density at radius 3 is 2.43 bits per heavy atom. The number of hydrogen-bond acceptors (Lipinski definition) is 4. The number of Topliss-reactive ketones (excluding diaryl/α,β-unsaturated/α-hetero) is 1. The molecule has 2 rings (SSSR count). The lowest BCUT2D eigenvalue weighted by molar-refractivity contribution is -0.143. The number of ether oxygens (including phenoxy) is 1. The van der Waals surface area contributed by atoms with Gasteiger partial charge in [-0.05, 0) is 46.1 Å². The molecule has 0 saturated heterocycles. The quantitative estimate of drug-likeness (QED) is 0.601. The van der Waals surface area contributed by atoms with Crippen LogP contribution in [0.2, 0.25) is 0 Å². The molecular formula is C18H17BrO4. The van der Waals surface area contributed by atoms with E-state index in [1.807, 2.05) is 30.3 Å². The van der Waals surface area contributed by atoms with Crippen LogP contribution in [0.1, 0.15) is 30.1 Å². The summed E-state index contributed by atoms with van der Waals surface area (Å²) in [6.45, 7) is 2.00. The van der Waals surface area contributed by atoms with Crippen LogP contribution in [0.3, 0.4) is 0 Å². The van der Waals surface area contributed by atoms with Crippen molar-refractivity contribution in [1.29, 1.82) is 0 Å². The van der Waals surface area contributed by atoms with Crippen LogP contribution in [0.5, 0.6) is 5.75 Å². The Labute approximate surface area is 143 Å². The van der Waals surface area contributed by atoms with Crippen molar-refractivity contribution in [3.05, 3.63) is 52.5 Å². The molecule has 2 aromatic rings. The Morgan fingerprint density at radius 1 is 1.09 bits per heavy atom. The number of esters is 1. The molecule has 0 amide bonds. The van der Waals surface area contributed by atoms with Gasteiger partial charge in [-0.25, -0.2) is 0 Å². The van der Waals surface area contributed by atoms with Gasteiger partial charge >= 0.3 is 5.97 Å². The molecule has 0 spiro atoms. The molecule has 0 aliphatic rings. The van der Waals surface area contributed by atoms with Crippen molar-refractivity contribution < 1.29 is 19.4 Å².